The Kier molecular flexibility index (Phi) is 6.37. The van der Waals surface area contributed by atoms with Crippen LogP contribution in [0.3, 0.4) is 0 Å². The molecule has 0 bridgehead atoms. The van der Waals surface area contributed by atoms with Crippen LogP contribution in [0.5, 0.6) is 0 Å². The number of carbonyl (C=O) groups is 2. The third-order valence-electron chi connectivity index (χ3n) is 5.24. The number of carbonyl (C=O) groups excluding carboxylic acids is 2. The first-order valence-electron chi connectivity index (χ1n) is 10.1. The van der Waals surface area contributed by atoms with E-state index in [-0.39, 0.29) is 23.0 Å². The molecule has 158 valence electrons. The highest BCUT2D eigenvalue weighted by molar-refractivity contribution is 8.00. The highest BCUT2D eigenvalue weighted by atomic mass is 32.2. The number of thioether (sulfide) groups is 1. The zero-order valence-corrected chi connectivity index (χ0v) is 18.0. The average Bonchev–Trinajstić information content (AvgIpc) is 3.16. The van der Waals surface area contributed by atoms with Gasteiger partial charge in [-0.05, 0) is 54.3 Å². The average molecular weight is 435 g/mol. The molecule has 1 heterocycles. The molecule has 1 fully saturated rings. The SMILES string of the molecule is Cc1ccc(N2C(=O)CSC2c2cccc(NC(=O)CCc3ccccc3)c2)cc1F. The van der Waals surface area contributed by atoms with Gasteiger partial charge in [-0.2, -0.15) is 0 Å². The first-order chi connectivity index (χ1) is 15.0. The van der Waals surface area contributed by atoms with E-state index in [2.05, 4.69) is 5.32 Å². The molecular formula is C25H23FN2O2S. The monoisotopic (exact) mass is 434 g/mol. The normalized spacial score (nSPS) is 15.9. The van der Waals surface area contributed by atoms with Crippen LogP contribution in [0, 0.1) is 12.7 Å². The summed E-state index contributed by atoms with van der Waals surface area (Å²) in [6.45, 7) is 1.70. The number of hydrogen-bond donors (Lipinski definition) is 1. The van der Waals surface area contributed by atoms with Crippen LogP contribution in [-0.2, 0) is 16.0 Å². The van der Waals surface area contributed by atoms with Crippen LogP contribution in [0.25, 0.3) is 0 Å². The van der Waals surface area contributed by atoms with E-state index >= 15 is 0 Å². The first kappa shape index (κ1) is 21.1. The summed E-state index contributed by atoms with van der Waals surface area (Å²) < 4.78 is 14.1. The summed E-state index contributed by atoms with van der Waals surface area (Å²) in [6, 6.07) is 22.2. The second kappa shape index (κ2) is 9.35. The lowest BCUT2D eigenvalue weighted by atomic mass is 10.1. The second-order valence-corrected chi connectivity index (χ2v) is 8.59. The fraction of sp³-hybridized carbons (Fsp3) is 0.200. The minimum atomic E-state index is -0.333. The van der Waals surface area contributed by atoms with Crippen molar-refractivity contribution in [3.05, 3.63) is 95.3 Å². The van der Waals surface area contributed by atoms with Gasteiger partial charge in [-0.3, -0.25) is 14.5 Å². The van der Waals surface area contributed by atoms with Crippen molar-refractivity contribution in [3.8, 4) is 0 Å². The van der Waals surface area contributed by atoms with Crippen molar-refractivity contribution >= 4 is 35.0 Å². The zero-order valence-electron chi connectivity index (χ0n) is 17.2. The number of hydrogen-bond acceptors (Lipinski definition) is 3. The van der Waals surface area contributed by atoms with E-state index in [1.165, 1.54) is 17.8 Å². The van der Waals surface area contributed by atoms with E-state index in [9.17, 15) is 14.0 Å². The minimum absolute atomic E-state index is 0.0597. The molecule has 1 atom stereocenters. The fourth-order valence-electron chi connectivity index (χ4n) is 3.58. The summed E-state index contributed by atoms with van der Waals surface area (Å²) in [6.07, 6.45) is 1.06. The molecule has 0 saturated carbocycles. The molecule has 0 aliphatic carbocycles. The van der Waals surface area contributed by atoms with Crippen LogP contribution in [0.4, 0.5) is 15.8 Å². The number of halogens is 1. The van der Waals surface area contributed by atoms with Crippen molar-refractivity contribution in [2.24, 2.45) is 0 Å². The van der Waals surface area contributed by atoms with Gasteiger partial charge in [-0.25, -0.2) is 4.39 Å². The lowest BCUT2D eigenvalue weighted by Gasteiger charge is -2.25. The van der Waals surface area contributed by atoms with Crippen molar-refractivity contribution in [3.63, 3.8) is 0 Å². The highest BCUT2D eigenvalue weighted by Crippen LogP contribution is 2.42. The number of nitrogens with one attached hydrogen (secondary N) is 1. The molecule has 3 aromatic rings. The van der Waals surface area contributed by atoms with Crippen molar-refractivity contribution < 1.29 is 14.0 Å². The number of aryl methyl sites for hydroxylation is 2. The zero-order chi connectivity index (χ0) is 21.8. The summed E-state index contributed by atoms with van der Waals surface area (Å²) in [5.41, 5.74) is 3.77. The standard InChI is InChI=1S/C25H23FN2O2S/c1-17-10-12-21(15-22(17)26)28-24(30)16-31-25(28)19-8-5-9-20(14-19)27-23(29)13-11-18-6-3-2-4-7-18/h2-10,12,14-15,25H,11,13,16H2,1H3,(H,27,29). The van der Waals surface area contributed by atoms with Crippen molar-refractivity contribution in [2.45, 2.75) is 25.1 Å². The van der Waals surface area contributed by atoms with Gasteiger partial charge in [0.05, 0.1) is 5.75 Å². The van der Waals surface area contributed by atoms with Crippen molar-refractivity contribution in [2.75, 3.05) is 16.0 Å². The van der Waals surface area contributed by atoms with Crippen molar-refractivity contribution in [1.29, 1.82) is 0 Å². The first-order valence-corrected chi connectivity index (χ1v) is 11.2. The quantitative estimate of drug-likeness (QED) is 0.559. The second-order valence-electron chi connectivity index (χ2n) is 7.52. The molecule has 1 aliphatic heterocycles. The Bertz CT molecular complexity index is 1100. The number of anilines is 2. The third-order valence-corrected chi connectivity index (χ3v) is 6.45. The van der Waals surface area contributed by atoms with E-state index in [1.54, 1.807) is 24.0 Å². The molecule has 1 N–H and O–H groups in total. The predicted octanol–water partition coefficient (Wildman–Crippen LogP) is 5.48. The van der Waals surface area contributed by atoms with E-state index in [4.69, 9.17) is 0 Å². The maximum atomic E-state index is 14.1. The van der Waals surface area contributed by atoms with Crippen LogP contribution in [0.2, 0.25) is 0 Å². The Morgan fingerprint density at radius 2 is 1.90 bits per heavy atom. The van der Waals surface area contributed by atoms with E-state index < -0.39 is 0 Å². The van der Waals surface area contributed by atoms with Crippen LogP contribution in [-0.4, -0.2) is 17.6 Å². The number of nitrogens with zero attached hydrogens (tertiary/aromatic N) is 1. The van der Waals surface area contributed by atoms with E-state index in [0.29, 0.717) is 35.5 Å². The molecule has 1 saturated heterocycles. The molecule has 6 heteroatoms. The van der Waals surface area contributed by atoms with Gasteiger partial charge in [0.1, 0.15) is 11.2 Å². The molecular weight excluding hydrogens is 411 g/mol. The number of amides is 2. The summed E-state index contributed by atoms with van der Waals surface area (Å²) in [5, 5.41) is 2.68. The highest BCUT2D eigenvalue weighted by Gasteiger charge is 2.34. The van der Waals surface area contributed by atoms with Gasteiger partial charge in [0.25, 0.3) is 0 Å². The van der Waals surface area contributed by atoms with E-state index in [1.807, 2.05) is 54.6 Å². The molecule has 1 unspecified atom stereocenters. The lowest BCUT2D eigenvalue weighted by Crippen LogP contribution is -2.28. The molecule has 1 aliphatic rings. The Labute approximate surface area is 185 Å². The van der Waals surface area contributed by atoms with Gasteiger partial charge in [-0.1, -0.05) is 48.5 Å². The molecule has 0 aromatic heterocycles. The summed E-state index contributed by atoms with van der Waals surface area (Å²) >= 11 is 1.49. The van der Waals surface area contributed by atoms with Gasteiger partial charge < -0.3 is 5.32 Å². The number of rotatable bonds is 6. The minimum Gasteiger partial charge on any atom is -0.326 e. The molecule has 0 radical (unpaired) electrons. The lowest BCUT2D eigenvalue weighted by molar-refractivity contribution is -0.116. The van der Waals surface area contributed by atoms with Gasteiger partial charge >= 0.3 is 0 Å². The Morgan fingerprint density at radius 1 is 1.10 bits per heavy atom. The maximum absolute atomic E-state index is 14.1. The molecule has 2 amide bonds. The van der Waals surface area contributed by atoms with Crippen LogP contribution < -0.4 is 10.2 Å². The third kappa shape index (κ3) is 4.97. The van der Waals surface area contributed by atoms with Crippen LogP contribution >= 0.6 is 11.8 Å². The maximum Gasteiger partial charge on any atom is 0.238 e. The Morgan fingerprint density at radius 3 is 2.68 bits per heavy atom. The molecule has 31 heavy (non-hydrogen) atoms. The fourth-order valence-corrected chi connectivity index (χ4v) is 4.74. The predicted molar refractivity (Wildman–Crippen MR) is 124 cm³/mol. The summed E-state index contributed by atoms with van der Waals surface area (Å²) in [7, 11) is 0. The largest absolute Gasteiger partial charge is 0.326 e. The summed E-state index contributed by atoms with van der Waals surface area (Å²) in [5.74, 6) is -0.127. The molecule has 4 rings (SSSR count). The summed E-state index contributed by atoms with van der Waals surface area (Å²) in [4.78, 5) is 26.6. The van der Waals surface area contributed by atoms with E-state index in [0.717, 1.165) is 11.1 Å². The topological polar surface area (TPSA) is 49.4 Å². The van der Waals surface area contributed by atoms with Gasteiger partial charge in [0.15, 0.2) is 0 Å². The molecule has 4 nitrogen and oxygen atoms in total. The van der Waals surface area contributed by atoms with Gasteiger partial charge in [0, 0.05) is 17.8 Å². The van der Waals surface area contributed by atoms with Gasteiger partial charge in [0.2, 0.25) is 11.8 Å². The molecule has 3 aromatic carbocycles. The van der Waals surface area contributed by atoms with Gasteiger partial charge in [-0.15, -0.1) is 11.8 Å². The molecule has 0 spiro atoms. The van der Waals surface area contributed by atoms with Crippen LogP contribution in [0.1, 0.15) is 28.5 Å². The Hall–Kier alpha value is -3.12. The van der Waals surface area contributed by atoms with Crippen molar-refractivity contribution in [1.82, 2.24) is 0 Å². The van der Waals surface area contributed by atoms with Crippen LogP contribution in [0.15, 0.2) is 72.8 Å². The number of benzene rings is 3. The smallest absolute Gasteiger partial charge is 0.238 e. The Balaban J connectivity index is 1.48.